The van der Waals surface area contributed by atoms with E-state index in [2.05, 4.69) is 19.2 Å². The summed E-state index contributed by atoms with van der Waals surface area (Å²) in [6.07, 6.45) is -3.74. The van der Waals surface area contributed by atoms with Gasteiger partial charge in [0.05, 0.1) is 0 Å². The molecule has 3 N–H and O–H groups in total. The van der Waals surface area contributed by atoms with Crippen LogP contribution in [-0.4, -0.2) is 25.3 Å². The molecule has 0 bridgehead atoms. The molecule has 0 aliphatic heterocycles. The van der Waals surface area contributed by atoms with E-state index in [-0.39, 0.29) is 12.5 Å². The number of alkyl halides is 3. The minimum atomic E-state index is -4.04. The molecule has 0 aromatic rings. The smallest absolute Gasteiger partial charge is 0.327 e. The van der Waals surface area contributed by atoms with E-state index in [9.17, 15) is 13.2 Å². The van der Waals surface area contributed by atoms with Gasteiger partial charge in [-0.1, -0.05) is 13.8 Å². The Morgan fingerprint density at radius 2 is 1.87 bits per heavy atom. The van der Waals surface area contributed by atoms with Crippen LogP contribution in [0, 0.1) is 5.92 Å². The topological polar surface area (TPSA) is 38.0 Å². The van der Waals surface area contributed by atoms with Crippen LogP contribution < -0.4 is 11.1 Å². The molecule has 0 rings (SSSR count). The van der Waals surface area contributed by atoms with Gasteiger partial charge in [-0.25, -0.2) is 0 Å². The van der Waals surface area contributed by atoms with E-state index in [0.717, 1.165) is 6.42 Å². The maximum Gasteiger partial charge on any atom is 0.389 e. The van der Waals surface area contributed by atoms with E-state index in [1.54, 1.807) is 0 Å². The Labute approximate surface area is 89.4 Å². The maximum atomic E-state index is 11.8. The average molecular weight is 226 g/mol. The molecule has 5 heteroatoms. The van der Waals surface area contributed by atoms with Crippen LogP contribution in [0.25, 0.3) is 0 Å². The monoisotopic (exact) mass is 226 g/mol. The van der Waals surface area contributed by atoms with Gasteiger partial charge in [-0.3, -0.25) is 0 Å². The molecule has 0 spiro atoms. The molecule has 15 heavy (non-hydrogen) atoms. The lowest BCUT2D eigenvalue weighted by atomic mass is 10.0. The Bertz CT molecular complexity index is 157. The lowest BCUT2D eigenvalue weighted by Crippen LogP contribution is -2.35. The van der Waals surface area contributed by atoms with Crippen molar-refractivity contribution in [3.63, 3.8) is 0 Å². The highest BCUT2D eigenvalue weighted by Gasteiger charge is 2.25. The van der Waals surface area contributed by atoms with Crippen LogP contribution in [0.1, 0.15) is 33.1 Å². The predicted octanol–water partition coefficient (Wildman–Crippen LogP) is 2.29. The zero-order chi connectivity index (χ0) is 11.9. The highest BCUT2D eigenvalue weighted by molar-refractivity contribution is 4.66. The van der Waals surface area contributed by atoms with Gasteiger partial charge < -0.3 is 11.1 Å². The second-order valence-electron chi connectivity index (χ2n) is 4.31. The lowest BCUT2D eigenvalue weighted by Gasteiger charge is -2.14. The number of hydrogen-bond donors (Lipinski definition) is 2. The molecular weight excluding hydrogens is 205 g/mol. The molecule has 0 aromatic heterocycles. The van der Waals surface area contributed by atoms with E-state index < -0.39 is 12.6 Å². The Kier molecular flexibility index (Phi) is 6.92. The Morgan fingerprint density at radius 1 is 1.27 bits per heavy atom. The summed E-state index contributed by atoms with van der Waals surface area (Å²) in [5.41, 5.74) is 5.76. The number of nitrogens with one attached hydrogen (secondary N) is 1. The summed E-state index contributed by atoms with van der Waals surface area (Å²) in [4.78, 5) is 0. The van der Waals surface area contributed by atoms with Crippen LogP contribution in [0.4, 0.5) is 13.2 Å². The molecular formula is C10H21F3N2. The second kappa shape index (κ2) is 7.06. The molecule has 0 aliphatic carbocycles. The molecule has 0 amide bonds. The van der Waals surface area contributed by atoms with Crippen LogP contribution >= 0.6 is 0 Å². The van der Waals surface area contributed by atoms with Crippen molar-refractivity contribution in [1.29, 1.82) is 0 Å². The summed E-state index contributed by atoms with van der Waals surface area (Å²) in [6, 6.07) is 0.0379. The summed E-state index contributed by atoms with van der Waals surface area (Å²) in [7, 11) is 0. The van der Waals surface area contributed by atoms with Crippen molar-refractivity contribution >= 4 is 0 Å². The molecule has 0 saturated carbocycles. The summed E-state index contributed by atoms with van der Waals surface area (Å²) in [6.45, 7) is 5.12. The first-order chi connectivity index (χ1) is 6.81. The van der Waals surface area contributed by atoms with Crippen molar-refractivity contribution in [2.24, 2.45) is 11.7 Å². The minimum absolute atomic E-state index is 0.0379. The maximum absolute atomic E-state index is 11.8. The van der Waals surface area contributed by atoms with Crippen molar-refractivity contribution in [2.45, 2.75) is 45.3 Å². The quantitative estimate of drug-likeness (QED) is 0.654. The highest BCUT2D eigenvalue weighted by atomic mass is 19.4. The van der Waals surface area contributed by atoms with Gasteiger partial charge in [0.25, 0.3) is 0 Å². The summed E-state index contributed by atoms with van der Waals surface area (Å²) >= 11 is 0. The minimum Gasteiger partial charge on any atom is -0.327 e. The first-order valence-corrected chi connectivity index (χ1v) is 5.34. The van der Waals surface area contributed by atoms with Crippen LogP contribution in [0.2, 0.25) is 0 Å². The van der Waals surface area contributed by atoms with E-state index in [0.29, 0.717) is 19.0 Å². The predicted molar refractivity (Wildman–Crippen MR) is 55.6 cm³/mol. The molecule has 92 valence electrons. The molecule has 0 aromatic carbocycles. The fourth-order valence-corrected chi connectivity index (χ4v) is 1.39. The largest absolute Gasteiger partial charge is 0.389 e. The normalized spacial score (nSPS) is 14.6. The molecule has 2 nitrogen and oxygen atoms in total. The number of halogens is 3. The SMILES string of the molecule is CC(C)CC(N)CNCCCC(F)(F)F. The van der Waals surface area contributed by atoms with Gasteiger partial charge in [-0.2, -0.15) is 13.2 Å². The van der Waals surface area contributed by atoms with E-state index in [1.165, 1.54) is 0 Å². The highest BCUT2D eigenvalue weighted by Crippen LogP contribution is 2.20. The molecule has 0 heterocycles. The Hall–Kier alpha value is -0.290. The second-order valence-corrected chi connectivity index (χ2v) is 4.31. The van der Waals surface area contributed by atoms with Crippen molar-refractivity contribution in [2.75, 3.05) is 13.1 Å². The van der Waals surface area contributed by atoms with Crippen molar-refractivity contribution in [3.8, 4) is 0 Å². The van der Waals surface area contributed by atoms with Gasteiger partial charge in [-0.05, 0) is 25.3 Å². The van der Waals surface area contributed by atoms with Gasteiger partial charge in [0, 0.05) is 19.0 Å². The van der Waals surface area contributed by atoms with Crippen molar-refractivity contribution in [1.82, 2.24) is 5.32 Å². The fraction of sp³-hybridized carbons (Fsp3) is 1.00. The first kappa shape index (κ1) is 14.7. The summed E-state index contributed by atoms with van der Waals surface area (Å²) in [5, 5.41) is 2.94. The number of rotatable bonds is 7. The van der Waals surface area contributed by atoms with Gasteiger partial charge in [0.2, 0.25) is 0 Å². The van der Waals surface area contributed by atoms with Crippen LogP contribution in [0.3, 0.4) is 0 Å². The van der Waals surface area contributed by atoms with Crippen LogP contribution in [-0.2, 0) is 0 Å². The molecule has 0 fully saturated rings. The van der Waals surface area contributed by atoms with Crippen molar-refractivity contribution in [3.05, 3.63) is 0 Å². The van der Waals surface area contributed by atoms with Crippen molar-refractivity contribution < 1.29 is 13.2 Å². The van der Waals surface area contributed by atoms with Crippen LogP contribution in [0.5, 0.6) is 0 Å². The molecule has 1 atom stereocenters. The molecule has 0 saturated heterocycles. The Morgan fingerprint density at radius 3 is 2.33 bits per heavy atom. The number of nitrogens with two attached hydrogens (primary N) is 1. The Balaban J connectivity index is 3.31. The lowest BCUT2D eigenvalue weighted by molar-refractivity contribution is -0.135. The van der Waals surface area contributed by atoms with Gasteiger partial charge in [-0.15, -0.1) is 0 Å². The summed E-state index contributed by atoms with van der Waals surface area (Å²) in [5.74, 6) is 0.525. The molecule has 0 radical (unpaired) electrons. The summed E-state index contributed by atoms with van der Waals surface area (Å²) < 4.78 is 35.3. The van der Waals surface area contributed by atoms with E-state index in [1.807, 2.05) is 0 Å². The van der Waals surface area contributed by atoms with E-state index in [4.69, 9.17) is 5.73 Å². The third-order valence-electron chi connectivity index (χ3n) is 1.99. The fourth-order valence-electron chi connectivity index (χ4n) is 1.39. The van der Waals surface area contributed by atoms with Gasteiger partial charge in [0.15, 0.2) is 0 Å². The van der Waals surface area contributed by atoms with E-state index >= 15 is 0 Å². The standard InChI is InChI=1S/C10H21F3N2/c1-8(2)6-9(14)7-15-5-3-4-10(11,12)13/h8-9,15H,3-7,14H2,1-2H3. The number of hydrogen-bond acceptors (Lipinski definition) is 2. The third kappa shape index (κ3) is 11.6. The molecule has 0 aliphatic rings. The van der Waals surface area contributed by atoms with Gasteiger partial charge >= 0.3 is 6.18 Å². The first-order valence-electron chi connectivity index (χ1n) is 5.34. The average Bonchev–Trinajstić information content (AvgIpc) is 1.99. The van der Waals surface area contributed by atoms with Gasteiger partial charge in [0.1, 0.15) is 0 Å². The zero-order valence-corrected chi connectivity index (χ0v) is 9.40. The third-order valence-corrected chi connectivity index (χ3v) is 1.99. The zero-order valence-electron chi connectivity index (χ0n) is 9.40. The molecule has 1 unspecified atom stereocenters. The van der Waals surface area contributed by atoms with Crippen LogP contribution in [0.15, 0.2) is 0 Å².